The lowest BCUT2D eigenvalue weighted by Gasteiger charge is -2.26. The molecule has 1 atom stereocenters. The summed E-state index contributed by atoms with van der Waals surface area (Å²) in [5, 5.41) is 3.94. The van der Waals surface area contributed by atoms with Crippen molar-refractivity contribution in [1.29, 1.82) is 0 Å². The highest BCUT2D eigenvalue weighted by Crippen LogP contribution is 2.43. The van der Waals surface area contributed by atoms with Gasteiger partial charge in [-0.1, -0.05) is 18.7 Å². The summed E-state index contributed by atoms with van der Waals surface area (Å²) in [4.78, 5) is 17.3. The Morgan fingerprint density at radius 3 is 2.26 bits per heavy atom. The number of nitrogens with one attached hydrogen (secondary N) is 1. The molecule has 27 heavy (non-hydrogen) atoms. The van der Waals surface area contributed by atoms with Crippen LogP contribution in [0, 0.1) is 0 Å². The molecule has 1 aliphatic heterocycles. The number of benzene rings is 1. The van der Waals surface area contributed by atoms with Crippen LogP contribution in [-0.2, 0) is 9.53 Å². The molecular formula is C19H26N2O5S. The number of thioether (sulfide) groups is 1. The lowest BCUT2D eigenvalue weighted by Crippen LogP contribution is -2.30. The third-order valence-electron chi connectivity index (χ3n) is 4.00. The maximum absolute atomic E-state index is 12.6. The topological polar surface area (TPSA) is 78.4 Å². The summed E-state index contributed by atoms with van der Waals surface area (Å²) in [6, 6.07) is 3.08. The Bertz CT molecular complexity index is 735. The Kier molecular flexibility index (Phi) is 7.41. The van der Waals surface area contributed by atoms with Crippen LogP contribution in [0.3, 0.4) is 0 Å². The van der Waals surface area contributed by atoms with Gasteiger partial charge in [-0.25, -0.2) is 9.79 Å². The van der Waals surface area contributed by atoms with Gasteiger partial charge in [-0.3, -0.25) is 0 Å². The van der Waals surface area contributed by atoms with E-state index >= 15 is 0 Å². The van der Waals surface area contributed by atoms with Crippen LogP contribution in [0.1, 0.15) is 32.4 Å². The van der Waals surface area contributed by atoms with Crippen LogP contribution in [0.2, 0.25) is 0 Å². The number of carbonyl (C=O) groups is 1. The average molecular weight is 394 g/mol. The fourth-order valence-electron chi connectivity index (χ4n) is 2.83. The summed E-state index contributed by atoms with van der Waals surface area (Å²) < 4.78 is 21.5. The van der Waals surface area contributed by atoms with Crippen LogP contribution in [0.5, 0.6) is 17.2 Å². The zero-order chi connectivity index (χ0) is 20.0. The van der Waals surface area contributed by atoms with E-state index in [1.54, 1.807) is 40.0 Å². The quantitative estimate of drug-likeness (QED) is 0.711. The molecule has 0 saturated heterocycles. The van der Waals surface area contributed by atoms with Crippen molar-refractivity contribution in [1.82, 2.24) is 5.32 Å². The molecule has 0 bridgehead atoms. The first-order valence-corrected chi connectivity index (χ1v) is 9.64. The largest absolute Gasteiger partial charge is 0.493 e. The van der Waals surface area contributed by atoms with Crippen molar-refractivity contribution in [2.24, 2.45) is 4.99 Å². The number of aliphatic imine (C=N–C) groups is 1. The monoisotopic (exact) mass is 394 g/mol. The highest BCUT2D eigenvalue weighted by atomic mass is 32.2. The number of esters is 1. The molecule has 7 nitrogen and oxygen atoms in total. The Balaban J connectivity index is 2.61. The molecule has 1 aromatic carbocycles. The second kappa shape index (κ2) is 9.55. The molecule has 0 amide bonds. The molecule has 1 heterocycles. The standard InChI is InChI=1S/C19H26N2O5S/c1-7-26-18(22)15-11(3)20-19(27-8-2)21-16(15)12-9-13(23-4)17(25-6)14(10-12)24-5/h9-10,16H,7-8H2,1-6H3,(H,20,21)/t16-/m0/s1. The zero-order valence-corrected chi connectivity index (χ0v) is 17.4. The molecule has 0 spiro atoms. The lowest BCUT2D eigenvalue weighted by atomic mass is 9.96. The smallest absolute Gasteiger partial charge is 0.338 e. The number of rotatable bonds is 7. The Morgan fingerprint density at radius 1 is 1.15 bits per heavy atom. The highest BCUT2D eigenvalue weighted by Gasteiger charge is 2.31. The van der Waals surface area contributed by atoms with Crippen molar-refractivity contribution in [3.8, 4) is 17.2 Å². The SMILES string of the molecule is CCOC(=O)C1=C(C)NC(SCC)=N[C@H]1c1cc(OC)c(OC)c(OC)c1. The van der Waals surface area contributed by atoms with E-state index in [1.165, 1.54) is 0 Å². The number of carbonyl (C=O) groups excluding carboxylic acids is 1. The van der Waals surface area contributed by atoms with E-state index in [4.69, 9.17) is 23.9 Å². The summed E-state index contributed by atoms with van der Waals surface area (Å²) in [5.74, 6) is 1.96. The van der Waals surface area contributed by atoms with Gasteiger partial charge in [0.1, 0.15) is 6.04 Å². The molecular weight excluding hydrogens is 368 g/mol. The summed E-state index contributed by atoms with van der Waals surface area (Å²) >= 11 is 1.57. The van der Waals surface area contributed by atoms with Gasteiger partial charge in [-0.05, 0) is 37.3 Å². The predicted molar refractivity (Wildman–Crippen MR) is 107 cm³/mol. The van der Waals surface area contributed by atoms with Gasteiger partial charge in [0.25, 0.3) is 0 Å². The Morgan fingerprint density at radius 2 is 1.78 bits per heavy atom. The summed E-state index contributed by atoms with van der Waals surface area (Å²) in [7, 11) is 4.66. The van der Waals surface area contributed by atoms with Gasteiger partial charge >= 0.3 is 5.97 Å². The number of ether oxygens (including phenoxy) is 4. The predicted octanol–water partition coefficient (Wildman–Crippen LogP) is 3.30. The summed E-state index contributed by atoms with van der Waals surface area (Å²) in [6.45, 7) is 5.96. The van der Waals surface area contributed by atoms with E-state index in [0.717, 1.165) is 22.2 Å². The Labute approximate surface area is 164 Å². The van der Waals surface area contributed by atoms with Gasteiger partial charge in [0, 0.05) is 5.70 Å². The minimum absolute atomic E-state index is 0.290. The first kappa shape index (κ1) is 21.0. The molecule has 1 aliphatic rings. The molecule has 1 N–H and O–H groups in total. The highest BCUT2D eigenvalue weighted by molar-refractivity contribution is 8.13. The molecule has 1 aromatic rings. The van der Waals surface area contributed by atoms with Crippen LogP contribution in [0.4, 0.5) is 0 Å². The maximum atomic E-state index is 12.6. The van der Waals surface area contributed by atoms with Crippen molar-refractivity contribution in [3.05, 3.63) is 29.0 Å². The summed E-state index contributed by atoms with van der Waals surface area (Å²) in [6.07, 6.45) is 0. The van der Waals surface area contributed by atoms with Crippen LogP contribution in [-0.4, -0.2) is 44.8 Å². The van der Waals surface area contributed by atoms with Crippen molar-refractivity contribution >= 4 is 22.9 Å². The minimum Gasteiger partial charge on any atom is -0.493 e. The molecule has 0 fully saturated rings. The number of amidine groups is 1. The van der Waals surface area contributed by atoms with Gasteiger partial charge in [0.15, 0.2) is 16.7 Å². The third kappa shape index (κ3) is 4.50. The van der Waals surface area contributed by atoms with Gasteiger partial charge in [0.05, 0.1) is 33.5 Å². The van der Waals surface area contributed by atoms with Crippen molar-refractivity contribution in [3.63, 3.8) is 0 Å². The van der Waals surface area contributed by atoms with Crippen LogP contribution in [0.15, 0.2) is 28.4 Å². The van der Waals surface area contributed by atoms with Crippen molar-refractivity contribution in [2.45, 2.75) is 26.8 Å². The number of hydrogen-bond donors (Lipinski definition) is 1. The Hall–Kier alpha value is -2.35. The third-order valence-corrected chi connectivity index (χ3v) is 4.77. The second-order valence-corrected chi connectivity index (χ2v) is 6.87. The normalized spacial score (nSPS) is 16.4. The summed E-state index contributed by atoms with van der Waals surface area (Å²) in [5.41, 5.74) is 1.94. The molecule has 0 unspecified atom stereocenters. The number of nitrogens with zero attached hydrogens (tertiary/aromatic N) is 1. The molecule has 148 valence electrons. The number of allylic oxidation sites excluding steroid dienone is 1. The van der Waals surface area contributed by atoms with Crippen molar-refractivity contribution in [2.75, 3.05) is 33.7 Å². The molecule has 2 rings (SSSR count). The molecule has 0 saturated carbocycles. The van der Waals surface area contributed by atoms with Crippen LogP contribution >= 0.6 is 11.8 Å². The van der Waals surface area contributed by atoms with E-state index in [0.29, 0.717) is 22.8 Å². The van der Waals surface area contributed by atoms with Crippen LogP contribution < -0.4 is 19.5 Å². The van der Waals surface area contributed by atoms with E-state index in [-0.39, 0.29) is 6.61 Å². The van der Waals surface area contributed by atoms with Gasteiger partial charge < -0.3 is 24.3 Å². The van der Waals surface area contributed by atoms with E-state index in [2.05, 4.69) is 5.32 Å². The van der Waals surface area contributed by atoms with Crippen molar-refractivity contribution < 1.29 is 23.7 Å². The van der Waals surface area contributed by atoms with Crippen LogP contribution in [0.25, 0.3) is 0 Å². The number of hydrogen-bond acceptors (Lipinski definition) is 8. The van der Waals surface area contributed by atoms with Gasteiger partial charge in [0.2, 0.25) is 5.75 Å². The lowest BCUT2D eigenvalue weighted by molar-refractivity contribution is -0.138. The minimum atomic E-state index is -0.534. The van der Waals surface area contributed by atoms with Gasteiger partial charge in [-0.2, -0.15) is 0 Å². The zero-order valence-electron chi connectivity index (χ0n) is 16.5. The average Bonchev–Trinajstić information content (AvgIpc) is 2.66. The number of methoxy groups -OCH3 is 3. The second-order valence-electron chi connectivity index (χ2n) is 5.61. The van der Waals surface area contributed by atoms with E-state index in [9.17, 15) is 4.79 Å². The fourth-order valence-corrected chi connectivity index (χ4v) is 3.51. The molecule has 0 aliphatic carbocycles. The molecule has 0 aromatic heterocycles. The first-order valence-electron chi connectivity index (χ1n) is 8.65. The van der Waals surface area contributed by atoms with E-state index in [1.807, 2.05) is 26.0 Å². The first-order chi connectivity index (χ1) is 13.0. The molecule has 8 heteroatoms. The van der Waals surface area contributed by atoms with Gasteiger partial charge in [-0.15, -0.1) is 0 Å². The fraction of sp³-hybridized carbons (Fsp3) is 0.474. The molecule has 0 radical (unpaired) electrons. The maximum Gasteiger partial charge on any atom is 0.338 e. The van der Waals surface area contributed by atoms with E-state index < -0.39 is 12.0 Å².